The second-order valence-corrected chi connectivity index (χ2v) is 20.5. The summed E-state index contributed by atoms with van der Waals surface area (Å²) in [4.78, 5) is 68.0. The van der Waals surface area contributed by atoms with Crippen LogP contribution in [0, 0.1) is 25.2 Å². The predicted octanol–water partition coefficient (Wildman–Crippen LogP) is 12.3. The van der Waals surface area contributed by atoms with E-state index in [0.717, 1.165) is 28.0 Å². The smallest absolute Gasteiger partial charge is 0.414 e. The molecule has 8 N–H and O–H groups in total. The summed E-state index contributed by atoms with van der Waals surface area (Å²) in [6, 6.07) is 33.1. The summed E-state index contributed by atoms with van der Waals surface area (Å²) in [5.74, 6) is 2.66. The van der Waals surface area contributed by atoms with Crippen LogP contribution in [0.2, 0.25) is 5.02 Å². The molecule has 24 nitrogen and oxygen atoms in total. The van der Waals surface area contributed by atoms with Crippen molar-refractivity contribution in [3.8, 4) is 5.75 Å². The highest BCUT2D eigenvalue weighted by molar-refractivity contribution is 6.30. The van der Waals surface area contributed by atoms with Gasteiger partial charge in [0.25, 0.3) is 0 Å². The molecule has 4 aromatic carbocycles. The van der Waals surface area contributed by atoms with Crippen LogP contribution in [0.5, 0.6) is 5.75 Å². The average Bonchev–Trinajstić information content (AvgIpc) is 2.35. The third-order valence-electron chi connectivity index (χ3n) is 12.4. The summed E-state index contributed by atoms with van der Waals surface area (Å²) in [6.07, 6.45) is 3.10. The number of hydrogen-bond donors (Lipinski definition) is 8. The second-order valence-electron chi connectivity index (χ2n) is 20.0. The number of benzene rings is 4. The number of H-pyrrole nitrogens is 3. The molecule has 8 heterocycles. The van der Waals surface area contributed by atoms with Crippen LogP contribution < -0.4 is 31.3 Å². The van der Waals surface area contributed by atoms with Crippen LogP contribution in [0.15, 0.2) is 128 Å². The molecule has 0 aliphatic rings. The van der Waals surface area contributed by atoms with Gasteiger partial charge in [-0.1, -0.05) is 104 Å². The number of amides is 1. The van der Waals surface area contributed by atoms with Crippen LogP contribution in [0.25, 0.3) is 44.7 Å². The zero-order valence-corrected chi connectivity index (χ0v) is 48.3. The molecule has 0 aliphatic carbocycles. The maximum absolute atomic E-state index is 13.3. The quantitative estimate of drug-likeness (QED) is 0.0442. The van der Waals surface area contributed by atoms with E-state index in [-0.39, 0.29) is 19.4 Å². The zero-order chi connectivity index (χ0) is 60.7. The van der Waals surface area contributed by atoms with Gasteiger partial charge < -0.3 is 50.3 Å². The van der Waals surface area contributed by atoms with Gasteiger partial charge in [-0.3, -0.25) is 5.32 Å². The number of aryl methyl sites for hydroxylation is 1. The van der Waals surface area contributed by atoms with Gasteiger partial charge in [-0.05, 0) is 82.0 Å². The summed E-state index contributed by atoms with van der Waals surface area (Å²) < 4.78 is 52.3. The van der Waals surface area contributed by atoms with Gasteiger partial charge in [-0.15, -0.1) is 0 Å². The first kappa shape index (κ1) is 62.5. The molecule has 0 saturated carbocycles. The van der Waals surface area contributed by atoms with Gasteiger partial charge in [0.05, 0.1) is 32.4 Å². The van der Waals surface area contributed by atoms with Crippen molar-refractivity contribution < 1.29 is 27.4 Å². The van der Waals surface area contributed by atoms with Crippen molar-refractivity contribution in [2.45, 2.75) is 86.8 Å². The van der Waals surface area contributed by atoms with Gasteiger partial charge in [0, 0.05) is 42.8 Å². The number of para-hydroxylation sites is 1. The fraction of sp³-hybridized carbons (Fsp3) is 0.237. The number of aromatic amines is 3. The van der Waals surface area contributed by atoms with Crippen LogP contribution in [0.4, 0.5) is 47.2 Å². The minimum atomic E-state index is -0.813. The average molecular weight is 1210 g/mol. The normalized spacial score (nSPS) is 10.9. The van der Waals surface area contributed by atoms with E-state index < -0.39 is 29.9 Å². The molecule has 0 fully saturated rings. The van der Waals surface area contributed by atoms with E-state index in [2.05, 4.69) is 101 Å². The number of nitrogens with one attached hydrogen (secondary N) is 8. The van der Waals surface area contributed by atoms with Gasteiger partial charge in [0.2, 0.25) is 5.95 Å². The lowest BCUT2D eigenvalue weighted by Crippen LogP contribution is -2.28. The van der Waals surface area contributed by atoms with Crippen molar-refractivity contribution >= 4 is 91.6 Å². The number of anilines is 5. The standard InChI is InChI=1S/C20H26N6O2.C13H12FN5O.C13H12FN5.C12H9ClFN5.CH4/c1-13(2)26-12-22-15-16(21-11-14-9-7-6-8-10-14)23-18(24-17(15)26)25-19(27)28-20(3,4)5;1-20-9-5-3-2-4-8(9)6-15-11-10-12(17-7-16-10)19-13(14)18-11;1-8-4-2-3-5-9(8)6-15-11-10-12(17-7-16-10)19-13(14)18-11;13-8-3-1-7(2-4-8)5-15-10-9-11(17-6-16-9)19-12(14)18-10;/h6-10,12-13H,11H2,1-5H3,(H2,21,23,24,25,27);2-5,7H,6H2,1H3,(H2,15,16,17,18,19);2-5,7H,6H2,1H3,(H2,15,16,17,18,19);1-4,6H,5H2,(H2,15,16,17,18,19);1H4. The van der Waals surface area contributed by atoms with Crippen molar-refractivity contribution in [3.63, 3.8) is 0 Å². The number of fused-ring (bicyclic) bond motifs is 4. The molecule has 0 aliphatic heterocycles. The molecular weight excluding hydrogens is 1140 g/mol. The Morgan fingerprint density at radius 2 is 1.06 bits per heavy atom. The van der Waals surface area contributed by atoms with Gasteiger partial charge in [0.15, 0.2) is 51.4 Å². The Labute approximate surface area is 502 Å². The Kier molecular flexibility index (Phi) is 20.7. The van der Waals surface area contributed by atoms with Gasteiger partial charge in [-0.25, -0.2) is 24.7 Å². The molecule has 0 atom stereocenters. The Morgan fingerprint density at radius 1 is 0.586 bits per heavy atom. The first-order valence-corrected chi connectivity index (χ1v) is 27.1. The fourth-order valence-electron chi connectivity index (χ4n) is 8.26. The lowest BCUT2D eigenvalue weighted by molar-refractivity contribution is 0.0634. The molecule has 0 saturated heterocycles. The van der Waals surface area contributed by atoms with Crippen LogP contribution in [-0.4, -0.2) is 98.1 Å². The molecule has 1 amide bonds. The highest BCUT2D eigenvalue weighted by Crippen LogP contribution is 2.26. The fourth-order valence-corrected chi connectivity index (χ4v) is 8.38. The number of imidazole rings is 4. The Morgan fingerprint density at radius 3 is 1.57 bits per heavy atom. The maximum Gasteiger partial charge on any atom is 0.414 e. The zero-order valence-electron chi connectivity index (χ0n) is 47.6. The summed E-state index contributed by atoms with van der Waals surface area (Å²) in [6.45, 7) is 13.6. The number of nitrogens with zero attached hydrogens (tertiary/aromatic N) is 13. The van der Waals surface area contributed by atoms with Crippen LogP contribution in [-0.2, 0) is 30.9 Å². The number of carbonyl (C=O) groups excluding carboxylic acids is 1. The molecule has 87 heavy (non-hydrogen) atoms. The van der Waals surface area contributed by atoms with E-state index in [0.29, 0.717) is 99.1 Å². The lowest BCUT2D eigenvalue weighted by atomic mass is 10.1. The van der Waals surface area contributed by atoms with Crippen molar-refractivity contribution in [1.82, 2.24) is 79.3 Å². The van der Waals surface area contributed by atoms with E-state index in [9.17, 15) is 18.0 Å². The summed E-state index contributed by atoms with van der Waals surface area (Å²) >= 11 is 5.81. The van der Waals surface area contributed by atoms with Crippen molar-refractivity contribution in [3.05, 3.63) is 180 Å². The van der Waals surface area contributed by atoms with E-state index in [4.69, 9.17) is 21.1 Å². The number of carbonyl (C=O) groups is 1. The summed E-state index contributed by atoms with van der Waals surface area (Å²) in [5, 5.41) is 15.8. The first-order chi connectivity index (χ1) is 41.5. The second kappa shape index (κ2) is 28.8. The lowest BCUT2D eigenvalue weighted by Gasteiger charge is -2.19. The molecular formula is C59H63ClF3N21O3. The molecule has 0 radical (unpaired) electrons. The summed E-state index contributed by atoms with van der Waals surface area (Å²) in [7, 11) is 1.61. The number of rotatable bonds is 15. The van der Waals surface area contributed by atoms with Crippen molar-refractivity contribution in [2.75, 3.05) is 33.7 Å². The molecule has 0 spiro atoms. The van der Waals surface area contributed by atoms with Gasteiger partial charge in [-0.2, -0.15) is 53.0 Å². The number of hydrogen-bond acceptors (Lipinski definition) is 19. The third-order valence-corrected chi connectivity index (χ3v) is 12.6. The Bertz CT molecular complexity index is 4210. The van der Waals surface area contributed by atoms with Gasteiger partial charge >= 0.3 is 24.3 Å². The molecule has 12 aromatic rings. The van der Waals surface area contributed by atoms with Crippen molar-refractivity contribution in [1.29, 1.82) is 0 Å². The van der Waals surface area contributed by atoms with Crippen LogP contribution >= 0.6 is 11.6 Å². The maximum atomic E-state index is 13.3. The predicted molar refractivity (Wildman–Crippen MR) is 329 cm³/mol. The monoisotopic (exact) mass is 1210 g/mol. The van der Waals surface area contributed by atoms with Crippen LogP contribution in [0.1, 0.15) is 75.9 Å². The van der Waals surface area contributed by atoms with Crippen LogP contribution in [0.3, 0.4) is 0 Å². The molecule has 28 heteroatoms. The number of aromatic nitrogens is 16. The van der Waals surface area contributed by atoms with E-state index >= 15 is 0 Å². The van der Waals surface area contributed by atoms with E-state index in [1.807, 2.05) is 116 Å². The third kappa shape index (κ3) is 16.8. The largest absolute Gasteiger partial charge is 0.496 e. The minimum Gasteiger partial charge on any atom is -0.496 e. The van der Waals surface area contributed by atoms with Crippen molar-refractivity contribution in [2.24, 2.45) is 0 Å². The Hall–Kier alpha value is -10.6. The molecule has 450 valence electrons. The van der Waals surface area contributed by atoms with E-state index in [1.165, 1.54) is 24.5 Å². The minimum absolute atomic E-state index is 0. The highest BCUT2D eigenvalue weighted by Gasteiger charge is 2.21. The molecule has 0 unspecified atom stereocenters. The van der Waals surface area contributed by atoms with E-state index in [1.54, 1.807) is 46.3 Å². The number of methoxy groups -OCH3 is 1. The Balaban J connectivity index is 0.000000152. The van der Waals surface area contributed by atoms with Gasteiger partial charge in [0.1, 0.15) is 27.9 Å². The topological polar surface area (TPSA) is 303 Å². The number of ether oxygens (including phenoxy) is 2. The highest BCUT2D eigenvalue weighted by atomic mass is 35.5. The first-order valence-electron chi connectivity index (χ1n) is 26.7. The molecule has 12 rings (SSSR count). The molecule has 8 aromatic heterocycles. The molecule has 0 bridgehead atoms. The number of halogens is 4. The summed E-state index contributed by atoms with van der Waals surface area (Å²) in [5.41, 5.74) is 8.72. The SMILES string of the molecule is C.CC(C)n1cnc2c(NCc3ccccc3)nc(NC(=O)OC(C)(C)C)nc21.COc1ccccc1CNc1nc(F)nc2nc[nH]c12.Cc1ccccc1CNc1nc(F)nc2nc[nH]c12.Fc1nc(NCc2ccc(Cl)cc2)c2[nH]cnc2n1.